The molecule has 0 saturated carbocycles. The van der Waals surface area contributed by atoms with Crippen molar-refractivity contribution >= 4 is 29.8 Å². The molecule has 198 valence electrons. The van der Waals surface area contributed by atoms with Crippen LogP contribution in [0.1, 0.15) is 53.0 Å². The molecular weight excluding hydrogens is 468 g/mol. The lowest BCUT2D eigenvalue weighted by Gasteiger charge is -2.27. The fraction of sp³-hybridized carbons (Fsp3) is 0.560. The van der Waals surface area contributed by atoms with Crippen LogP contribution in [0.15, 0.2) is 30.3 Å². The molecule has 0 aromatic heterocycles. The zero-order valence-electron chi connectivity index (χ0n) is 21.5. The first-order valence-electron chi connectivity index (χ1n) is 11.9. The lowest BCUT2D eigenvalue weighted by atomic mass is 10.2. The van der Waals surface area contributed by atoms with Gasteiger partial charge in [-0.1, -0.05) is 30.3 Å². The van der Waals surface area contributed by atoms with Crippen molar-refractivity contribution in [1.29, 1.82) is 0 Å². The van der Waals surface area contributed by atoms with Gasteiger partial charge in [0, 0.05) is 6.54 Å². The Bertz CT molecular complexity index is 945. The summed E-state index contributed by atoms with van der Waals surface area (Å²) in [6.07, 6.45) is 0.297. The highest BCUT2D eigenvalue weighted by Crippen LogP contribution is 2.18. The number of alkyl carbamates (subject to hydrolysis) is 1. The van der Waals surface area contributed by atoms with Crippen LogP contribution in [-0.2, 0) is 35.3 Å². The number of likely N-dealkylation sites (tertiary alicyclic amines) is 1. The summed E-state index contributed by atoms with van der Waals surface area (Å²) >= 11 is 0. The van der Waals surface area contributed by atoms with Crippen LogP contribution in [0.4, 0.5) is 4.79 Å². The van der Waals surface area contributed by atoms with Crippen LogP contribution in [0.5, 0.6) is 0 Å². The maximum atomic E-state index is 12.9. The van der Waals surface area contributed by atoms with Crippen molar-refractivity contribution in [1.82, 2.24) is 20.9 Å². The standard InChI is InChI=1S/C25H36N4O7/c1-16(28-24(34)35-15-18-10-7-6-8-11-18)22(32)29-13-9-12-19(29)21(31)26-14-20(30)27-17(2)23(33)36-25(3,4)5/h6-8,10-11,16-17,19H,9,12-15H2,1-5H3,(H,26,31)(H,27,30)(H,28,34)/t16-,17-,19-/m0/s1. The summed E-state index contributed by atoms with van der Waals surface area (Å²) in [5.41, 5.74) is 0.125. The van der Waals surface area contributed by atoms with Crippen molar-refractivity contribution in [3.05, 3.63) is 35.9 Å². The van der Waals surface area contributed by atoms with E-state index in [-0.39, 0.29) is 13.2 Å². The molecule has 0 aliphatic carbocycles. The molecular formula is C25H36N4O7. The molecule has 1 saturated heterocycles. The second kappa shape index (κ2) is 12.9. The molecule has 0 unspecified atom stereocenters. The van der Waals surface area contributed by atoms with Crippen molar-refractivity contribution in [2.45, 2.75) is 77.8 Å². The number of rotatable bonds is 9. The first-order chi connectivity index (χ1) is 16.9. The topological polar surface area (TPSA) is 143 Å². The summed E-state index contributed by atoms with van der Waals surface area (Å²) in [7, 11) is 0. The maximum Gasteiger partial charge on any atom is 0.408 e. The third-order valence-electron chi connectivity index (χ3n) is 5.32. The van der Waals surface area contributed by atoms with Crippen LogP contribution in [0.2, 0.25) is 0 Å². The van der Waals surface area contributed by atoms with Gasteiger partial charge < -0.3 is 30.3 Å². The van der Waals surface area contributed by atoms with Crippen LogP contribution in [-0.4, -0.2) is 71.5 Å². The highest BCUT2D eigenvalue weighted by molar-refractivity contribution is 5.93. The van der Waals surface area contributed by atoms with E-state index in [0.717, 1.165) is 5.56 Å². The van der Waals surface area contributed by atoms with E-state index in [0.29, 0.717) is 19.4 Å². The molecule has 3 atom stereocenters. The summed E-state index contributed by atoms with van der Waals surface area (Å²) in [6, 6.07) is 6.58. The van der Waals surface area contributed by atoms with Gasteiger partial charge in [-0.3, -0.25) is 14.4 Å². The van der Waals surface area contributed by atoms with Crippen molar-refractivity contribution in [3.63, 3.8) is 0 Å². The Labute approximate surface area is 211 Å². The number of esters is 1. The van der Waals surface area contributed by atoms with E-state index in [9.17, 15) is 24.0 Å². The van der Waals surface area contributed by atoms with E-state index in [4.69, 9.17) is 9.47 Å². The molecule has 0 spiro atoms. The van der Waals surface area contributed by atoms with E-state index in [1.54, 1.807) is 20.8 Å². The number of nitrogens with zero attached hydrogens (tertiary/aromatic N) is 1. The first kappa shape index (κ1) is 28.6. The molecule has 1 aromatic rings. The number of carbonyl (C=O) groups is 5. The fourth-order valence-electron chi connectivity index (χ4n) is 3.58. The second-order valence-corrected chi connectivity index (χ2v) is 9.66. The van der Waals surface area contributed by atoms with Crippen molar-refractivity contribution < 1.29 is 33.4 Å². The predicted octanol–water partition coefficient (Wildman–Crippen LogP) is 1.25. The SMILES string of the molecule is C[C@H](NC(=O)CNC(=O)[C@@H]1CCCN1C(=O)[C@H](C)NC(=O)OCc1ccccc1)C(=O)OC(C)(C)C. The van der Waals surface area contributed by atoms with E-state index >= 15 is 0 Å². The van der Waals surface area contributed by atoms with Gasteiger partial charge in [0.05, 0.1) is 6.54 Å². The summed E-state index contributed by atoms with van der Waals surface area (Å²) in [4.78, 5) is 63.2. The van der Waals surface area contributed by atoms with Gasteiger partial charge in [-0.05, 0) is 53.0 Å². The Morgan fingerprint density at radius 1 is 1.03 bits per heavy atom. The Morgan fingerprint density at radius 3 is 2.33 bits per heavy atom. The Morgan fingerprint density at radius 2 is 1.69 bits per heavy atom. The van der Waals surface area contributed by atoms with Crippen LogP contribution >= 0.6 is 0 Å². The molecule has 0 radical (unpaired) electrons. The number of nitrogens with one attached hydrogen (secondary N) is 3. The number of amides is 4. The number of carbonyl (C=O) groups excluding carboxylic acids is 5. The third kappa shape index (κ3) is 9.20. The Balaban J connectivity index is 1.80. The Hall–Kier alpha value is -3.63. The van der Waals surface area contributed by atoms with Gasteiger partial charge in [0.25, 0.3) is 0 Å². The molecule has 1 aliphatic heterocycles. The molecule has 1 aromatic carbocycles. The molecule has 1 heterocycles. The smallest absolute Gasteiger partial charge is 0.408 e. The zero-order valence-corrected chi connectivity index (χ0v) is 21.5. The predicted molar refractivity (Wildman–Crippen MR) is 130 cm³/mol. The monoisotopic (exact) mass is 504 g/mol. The minimum atomic E-state index is -0.903. The lowest BCUT2D eigenvalue weighted by Crippen LogP contribution is -2.53. The van der Waals surface area contributed by atoms with Crippen molar-refractivity contribution in [2.24, 2.45) is 0 Å². The normalized spacial score (nSPS) is 16.9. The Kier molecular flexibility index (Phi) is 10.2. The first-order valence-corrected chi connectivity index (χ1v) is 11.9. The fourth-order valence-corrected chi connectivity index (χ4v) is 3.58. The van der Waals surface area contributed by atoms with Crippen LogP contribution in [0, 0.1) is 0 Å². The number of ether oxygens (including phenoxy) is 2. The van der Waals surface area contributed by atoms with Gasteiger partial charge in [0.1, 0.15) is 30.3 Å². The molecule has 2 rings (SSSR count). The summed E-state index contributed by atoms with van der Waals surface area (Å²) in [5, 5.41) is 7.48. The molecule has 1 aliphatic rings. The minimum absolute atomic E-state index is 0.0664. The third-order valence-corrected chi connectivity index (χ3v) is 5.32. The average Bonchev–Trinajstić information content (AvgIpc) is 3.30. The average molecular weight is 505 g/mol. The zero-order chi connectivity index (χ0) is 26.9. The molecule has 0 bridgehead atoms. The van der Waals surface area contributed by atoms with E-state index in [1.165, 1.54) is 18.7 Å². The molecule has 1 fully saturated rings. The van der Waals surface area contributed by atoms with Crippen molar-refractivity contribution in [2.75, 3.05) is 13.1 Å². The largest absolute Gasteiger partial charge is 0.458 e. The summed E-state index contributed by atoms with van der Waals surface area (Å²) < 4.78 is 10.4. The molecule has 4 amide bonds. The quantitative estimate of drug-likeness (QED) is 0.430. The summed E-state index contributed by atoms with van der Waals surface area (Å²) in [5.74, 6) is -2.06. The molecule has 11 heteroatoms. The number of hydrogen-bond acceptors (Lipinski definition) is 7. The second-order valence-electron chi connectivity index (χ2n) is 9.66. The van der Waals surface area contributed by atoms with Crippen LogP contribution in [0.3, 0.4) is 0 Å². The minimum Gasteiger partial charge on any atom is -0.458 e. The van der Waals surface area contributed by atoms with E-state index in [2.05, 4.69) is 16.0 Å². The van der Waals surface area contributed by atoms with Crippen LogP contribution < -0.4 is 16.0 Å². The van der Waals surface area contributed by atoms with Gasteiger partial charge in [-0.2, -0.15) is 0 Å². The van der Waals surface area contributed by atoms with E-state index in [1.807, 2.05) is 30.3 Å². The molecule has 36 heavy (non-hydrogen) atoms. The van der Waals surface area contributed by atoms with Gasteiger partial charge in [-0.25, -0.2) is 9.59 Å². The van der Waals surface area contributed by atoms with Gasteiger partial charge >= 0.3 is 12.1 Å². The summed E-state index contributed by atoms with van der Waals surface area (Å²) in [6.45, 7) is 8.23. The van der Waals surface area contributed by atoms with Gasteiger partial charge in [0.15, 0.2) is 0 Å². The number of hydrogen-bond donors (Lipinski definition) is 3. The van der Waals surface area contributed by atoms with Crippen LogP contribution in [0.25, 0.3) is 0 Å². The van der Waals surface area contributed by atoms with Crippen molar-refractivity contribution in [3.8, 4) is 0 Å². The van der Waals surface area contributed by atoms with Gasteiger partial charge in [0.2, 0.25) is 17.7 Å². The van der Waals surface area contributed by atoms with Gasteiger partial charge in [-0.15, -0.1) is 0 Å². The highest BCUT2D eigenvalue weighted by atomic mass is 16.6. The number of benzene rings is 1. The molecule has 3 N–H and O–H groups in total. The highest BCUT2D eigenvalue weighted by Gasteiger charge is 2.36. The maximum absolute atomic E-state index is 12.9. The lowest BCUT2D eigenvalue weighted by molar-refractivity contribution is -0.158. The van der Waals surface area contributed by atoms with E-state index < -0.39 is 53.5 Å². The molecule has 11 nitrogen and oxygen atoms in total.